The van der Waals surface area contributed by atoms with Gasteiger partial charge in [0.05, 0.1) is 20.0 Å². The average Bonchev–Trinajstić information content (AvgIpc) is 3.14. The number of nitrogens with zero attached hydrogens (tertiary/aromatic N) is 3. The highest BCUT2D eigenvalue weighted by Gasteiger charge is 2.15. The number of ether oxygens (including phenoxy) is 2. The first-order valence-electron chi connectivity index (χ1n) is 7.37. The lowest BCUT2D eigenvalue weighted by Crippen LogP contribution is -2.04. The molecule has 0 aliphatic carbocycles. The van der Waals surface area contributed by atoms with Gasteiger partial charge in [0.15, 0.2) is 11.5 Å². The van der Waals surface area contributed by atoms with E-state index in [1.807, 2.05) is 31.2 Å². The fourth-order valence-corrected chi connectivity index (χ4v) is 2.05. The van der Waals surface area contributed by atoms with Gasteiger partial charge in [-0.2, -0.15) is 4.98 Å². The molecule has 0 atom stereocenters. The van der Waals surface area contributed by atoms with Crippen LogP contribution in [0.3, 0.4) is 0 Å². The van der Waals surface area contributed by atoms with Gasteiger partial charge in [0, 0.05) is 5.56 Å². The molecular formula is C17H17N3O3. The SMILES string of the molecule is CCCOc1nc(-c2ccco2)nnc1-c1ccc(OC)cc1. The summed E-state index contributed by atoms with van der Waals surface area (Å²) in [6, 6.07) is 11.1. The van der Waals surface area contributed by atoms with Crippen molar-refractivity contribution in [2.24, 2.45) is 0 Å². The summed E-state index contributed by atoms with van der Waals surface area (Å²) < 4.78 is 16.2. The molecule has 0 N–H and O–H groups in total. The number of rotatable bonds is 6. The molecule has 3 rings (SSSR count). The Morgan fingerprint density at radius 1 is 1.09 bits per heavy atom. The number of hydrogen-bond acceptors (Lipinski definition) is 6. The lowest BCUT2D eigenvalue weighted by atomic mass is 10.1. The third-order valence-electron chi connectivity index (χ3n) is 3.20. The van der Waals surface area contributed by atoms with Crippen LogP contribution in [-0.4, -0.2) is 28.9 Å². The van der Waals surface area contributed by atoms with Gasteiger partial charge in [0.1, 0.15) is 5.75 Å². The molecule has 1 aromatic carbocycles. The second kappa shape index (κ2) is 6.91. The Bertz CT molecular complexity index is 755. The maximum Gasteiger partial charge on any atom is 0.244 e. The minimum absolute atomic E-state index is 0.401. The fraction of sp³-hybridized carbons (Fsp3) is 0.235. The second-order valence-electron chi connectivity index (χ2n) is 4.84. The molecule has 0 aliphatic rings. The molecule has 0 fully saturated rings. The maximum absolute atomic E-state index is 5.75. The molecular weight excluding hydrogens is 294 g/mol. The van der Waals surface area contributed by atoms with Gasteiger partial charge in [-0.3, -0.25) is 0 Å². The molecule has 3 aromatic rings. The van der Waals surface area contributed by atoms with Gasteiger partial charge >= 0.3 is 0 Å². The first-order chi connectivity index (χ1) is 11.3. The quantitative estimate of drug-likeness (QED) is 0.693. The van der Waals surface area contributed by atoms with Crippen LogP contribution in [0, 0.1) is 0 Å². The van der Waals surface area contributed by atoms with Gasteiger partial charge in [-0.25, -0.2) is 0 Å². The summed E-state index contributed by atoms with van der Waals surface area (Å²) in [7, 11) is 1.63. The Balaban J connectivity index is 2.00. The molecule has 0 radical (unpaired) electrons. The number of benzene rings is 1. The minimum atomic E-state index is 0.401. The van der Waals surface area contributed by atoms with Crippen LogP contribution < -0.4 is 9.47 Å². The lowest BCUT2D eigenvalue weighted by molar-refractivity contribution is 0.304. The Hall–Kier alpha value is -2.89. The predicted molar refractivity (Wildman–Crippen MR) is 85.3 cm³/mol. The van der Waals surface area contributed by atoms with Crippen LogP contribution in [0.5, 0.6) is 11.6 Å². The van der Waals surface area contributed by atoms with E-state index in [2.05, 4.69) is 15.2 Å². The number of methoxy groups -OCH3 is 1. The first kappa shape index (κ1) is 15.0. The summed E-state index contributed by atoms with van der Waals surface area (Å²) in [4.78, 5) is 4.45. The second-order valence-corrected chi connectivity index (χ2v) is 4.84. The molecule has 118 valence electrons. The molecule has 2 aromatic heterocycles. The fourth-order valence-electron chi connectivity index (χ4n) is 2.05. The van der Waals surface area contributed by atoms with Crippen molar-refractivity contribution in [1.82, 2.24) is 15.2 Å². The summed E-state index contributed by atoms with van der Waals surface area (Å²) in [5.74, 6) is 2.18. The third-order valence-corrected chi connectivity index (χ3v) is 3.20. The predicted octanol–water partition coefficient (Wildman–Crippen LogP) is 3.60. The highest BCUT2D eigenvalue weighted by Crippen LogP contribution is 2.29. The molecule has 0 bridgehead atoms. The Morgan fingerprint density at radius 3 is 2.57 bits per heavy atom. The van der Waals surface area contributed by atoms with Gasteiger partial charge in [-0.1, -0.05) is 6.92 Å². The number of aromatic nitrogens is 3. The van der Waals surface area contributed by atoms with Crippen molar-refractivity contribution in [3.8, 4) is 34.5 Å². The van der Waals surface area contributed by atoms with Crippen LogP contribution >= 0.6 is 0 Å². The minimum Gasteiger partial charge on any atom is -0.497 e. The summed E-state index contributed by atoms with van der Waals surface area (Å²) in [6.45, 7) is 2.59. The van der Waals surface area contributed by atoms with Crippen LogP contribution in [0.1, 0.15) is 13.3 Å². The van der Waals surface area contributed by atoms with Crippen molar-refractivity contribution >= 4 is 0 Å². The molecule has 0 aliphatic heterocycles. The van der Waals surface area contributed by atoms with Crippen molar-refractivity contribution in [2.45, 2.75) is 13.3 Å². The van der Waals surface area contributed by atoms with Crippen LogP contribution in [0.25, 0.3) is 22.8 Å². The maximum atomic E-state index is 5.75. The molecule has 6 heteroatoms. The highest BCUT2D eigenvalue weighted by molar-refractivity contribution is 5.65. The number of furan rings is 1. The molecule has 0 spiro atoms. The van der Waals surface area contributed by atoms with Crippen LogP contribution in [-0.2, 0) is 0 Å². The van der Waals surface area contributed by atoms with E-state index in [0.29, 0.717) is 29.8 Å². The summed E-state index contributed by atoms with van der Waals surface area (Å²) in [6.07, 6.45) is 2.45. The Kier molecular flexibility index (Phi) is 4.52. The van der Waals surface area contributed by atoms with Crippen molar-refractivity contribution < 1.29 is 13.9 Å². The van der Waals surface area contributed by atoms with Crippen molar-refractivity contribution in [2.75, 3.05) is 13.7 Å². The van der Waals surface area contributed by atoms with Crippen LogP contribution in [0.4, 0.5) is 0 Å². The van der Waals surface area contributed by atoms with E-state index in [1.54, 1.807) is 25.5 Å². The van der Waals surface area contributed by atoms with Crippen molar-refractivity contribution in [1.29, 1.82) is 0 Å². The summed E-state index contributed by atoms with van der Waals surface area (Å²) >= 11 is 0. The molecule has 2 heterocycles. The molecule has 0 saturated carbocycles. The summed E-state index contributed by atoms with van der Waals surface area (Å²) in [5.41, 5.74) is 1.46. The van der Waals surface area contributed by atoms with E-state index in [0.717, 1.165) is 17.7 Å². The largest absolute Gasteiger partial charge is 0.497 e. The molecule has 0 unspecified atom stereocenters. The zero-order valence-electron chi connectivity index (χ0n) is 13.0. The van der Waals surface area contributed by atoms with Gasteiger partial charge in [-0.05, 0) is 42.8 Å². The van der Waals surface area contributed by atoms with E-state index in [1.165, 1.54) is 0 Å². The van der Waals surface area contributed by atoms with E-state index in [9.17, 15) is 0 Å². The molecule has 6 nitrogen and oxygen atoms in total. The Labute approximate surface area is 134 Å². The van der Waals surface area contributed by atoms with Gasteiger partial charge < -0.3 is 13.9 Å². The normalized spacial score (nSPS) is 10.5. The molecule has 0 amide bonds. The molecule has 0 saturated heterocycles. The zero-order valence-corrected chi connectivity index (χ0v) is 13.0. The van der Waals surface area contributed by atoms with E-state index in [-0.39, 0.29) is 0 Å². The van der Waals surface area contributed by atoms with Crippen LogP contribution in [0.2, 0.25) is 0 Å². The van der Waals surface area contributed by atoms with Gasteiger partial charge in [-0.15, -0.1) is 10.2 Å². The Morgan fingerprint density at radius 2 is 1.91 bits per heavy atom. The van der Waals surface area contributed by atoms with E-state index < -0.39 is 0 Å². The van der Waals surface area contributed by atoms with Gasteiger partial charge in [0.25, 0.3) is 0 Å². The topological polar surface area (TPSA) is 70.3 Å². The highest BCUT2D eigenvalue weighted by atomic mass is 16.5. The van der Waals surface area contributed by atoms with E-state index in [4.69, 9.17) is 13.9 Å². The van der Waals surface area contributed by atoms with E-state index >= 15 is 0 Å². The zero-order chi connectivity index (χ0) is 16.1. The van der Waals surface area contributed by atoms with Crippen molar-refractivity contribution in [3.05, 3.63) is 42.7 Å². The average molecular weight is 311 g/mol. The standard InChI is InChI=1S/C17H17N3O3/c1-3-10-23-17-15(12-6-8-13(21-2)9-7-12)19-20-16(18-17)14-5-4-11-22-14/h4-9,11H,3,10H2,1-2H3. The molecule has 23 heavy (non-hydrogen) atoms. The van der Waals surface area contributed by atoms with Crippen molar-refractivity contribution in [3.63, 3.8) is 0 Å². The smallest absolute Gasteiger partial charge is 0.244 e. The number of hydrogen-bond donors (Lipinski definition) is 0. The first-order valence-corrected chi connectivity index (χ1v) is 7.37. The summed E-state index contributed by atoms with van der Waals surface area (Å²) in [5, 5.41) is 8.42. The van der Waals surface area contributed by atoms with Crippen LogP contribution in [0.15, 0.2) is 47.1 Å². The monoisotopic (exact) mass is 311 g/mol. The van der Waals surface area contributed by atoms with Gasteiger partial charge in [0.2, 0.25) is 11.7 Å². The lowest BCUT2D eigenvalue weighted by Gasteiger charge is -2.09. The third kappa shape index (κ3) is 3.31.